The number of benzene rings is 3. The second-order valence-electron chi connectivity index (χ2n) is 7.37. The van der Waals surface area contributed by atoms with E-state index in [-0.39, 0.29) is 36.0 Å². The zero-order valence-corrected chi connectivity index (χ0v) is 22.2. The number of halogens is 1. The highest BCUT2D eigenvalue weighted by molar-refractivity contribution is 9.09. The Morgan fingerprint density at radius 3 is 2.08 bits per heavy atom. The number of aliphatic hydroxyl groups excluding tert-OH is 1. The van der Waals surface area contributed by atoms with Gasteiger partial charge in [0.05, 0.1) is 31.3 Å². The summed E-state index contributed by atoms with van der Waals surface area (Å²) in [5.74, 6) is 0.125. The largest absolute Gasteiger partial charge is 0.463 e. The van der Waals surface area contributed by atoms with E-state index in [1.54, 1.807) is 18.2 Å². The summed E-state index contributed by atoms with van der Waals surface area (Å²) in [7, 11) is 0. The number of morpholine rings is 1. The first kappa shape index (κ1) is 31.5. The molecule has 196 valence electrons. The molecule has 0 aliphatic carbocycles. The summed E-state index contributed by atoms with van der Waals surface area (Å²) >= 11 is 3.00. The molecule has 0 saturated carbocycles. The molecule has 1 heterocycles. The van der Waals surface area contributed by atoms with Gasteiger partial charge in [-0.15, -0.1) is 0 Å². The monoisotopic (exact) mass is 569 g/mol. The zero-order valence-electron chi connectivity index (χ0n) is 20.6. The molecule has 3 aromatic carbocycles. The van der Waals surface area contributed by atoms with Crippen LogP contribution in [0.5, 0.6) is 5.75 Å². The van der Waals surface area contributed by atoms with Crippen molar-refractivity contribution in [1.82, 2.24) is 5.32 Å². The average molecular weight is 570 g/mol. The van der Waals surface area contributed by atoms with Crippen molar-refractivity contribution in [2.75, 3.05) is 25.1 Å². The van der Waals surface area contributed by atoms with Crippen LogP contribution >= 0.6 is 15.9 Å². The SMILES string of the molecule is CC#N.N[C@H](CO)c1ccccc1.O=C(CBr)Oc1ccccc1.O=C1CN[C@@H](c2ccccc2)CO1. The molecule has 1 aliphatic heterocycles. The Morgan fingerprint density at radius 1 is 1.11 bits per heavy atom. The molecule has 0 spiro atoms. The van der Waals surface area contributed by atoms with Gasteiger partial charge >= 0.3 is 11.9 Å². The molecule has 1 fully saturated rings. The van der Waals surface area contributed by atoms with Crippen molar-refractivity contribution in [2.24, 2.45) is 5.73 Å². The predicted molar refractivity (Wildman–Crippen MR) is 146 cm³/mol. The van der Waals surface area contributed by atoms with Gasteiger partial charge in [0.25, 0.3) is 0 Å². The number of esters is 2. The lowest BCUT2D eigenvalue weighted by molar-refractivity contribution is -0.147. The van der Waals surface area contributed by atoms with E-state index >= 15 is 0 Å². The maximum absolute atomic E-state index is 10.8. The molecule has 37 heavy (non-hydrogen) atoms. The van der Waals surface area contributed by atoms with Gasteiger partial charge in [-0.3, -0.25) is 14.9 Å². The molecule has 0 radical (unpaired) electrons. The summed E-state index contributed by atoms with van der Waals surface area (Å²) < 4.78 is 9.82. The van der Waals surface area contributed by atoms with Crippen LogP contribution in [0.4, 0.5) is 0 Å². The number of nitriles is 1. The van der Waals surface area contributed by atoms with Crippen LogP contribution in [-0.4, -0.2) is 42.1 Å². The van der Waals surface area contributed by atoms with E-state index in [1.165, 1.54) is 6.92 Å². The number of aliphatic hydroxyl groups is 1. The van der Waals surface area contributed by atoms with E-state index in [4.69, 9.17) is 25.6 Å². The summed E-state index contributed by atoms with van der Waals surface area (Å²) in [6, 6.07) is 30.2. The number of nitrogens with two attached hydrogens (primary N) is 1. The van der Waals surface area contributed by atoms with Gasteiger partial charge in [0.15, 0.2) is 0 Å². The van der Waals surface area contributed by atoms with Crippen LogP contribution in [0.3, 0.4) is 0 Å². The van der Waals surface area contributed by atoms with E-state index < -0.39 is 0 Å². The Bertz CT molecular complexity index is 1050. The van der Waals surface area contributed by atoms with Crippen molar-refractivity contribution >= 4 is 27.9 Å². The number of para-hydroxylation sites is 1. The third-order valence-electron chi connectivity index (χ3n) is 4.61. The molecule has 1 saturated heterocycles. The highest BCUT2D eigenvalue weighted by atomic mass is 79.9. The van der Waals surface area contributed by atoms with Crippen molar-refractivity contribution < 1.29 is 24.2 Å². The number of alkyl halides is 1. The fourth-order valence-electron chi connectivity index (χ4n) is 2.85. The van der Waals surface area contributed by atoms with Gasteiger partial charge in [-0.1, -0.05) is 94.8 Å². The van der Waals surface area contributed by atoms with Gasteiger partial charge in [0.1, 0.15) is 17.7 Å². The van der Waals surface area contributed by atoms with Crippen molar-refractivity contribution in [2.45, 2.75) is 19.0 Å². The molecule has 2 atom stereocenters. The zero-order chi connectivity index (χ0) is 27.3. The molecule has 4 N–H and O–H groups in total. The lowest BCUT2D eigenvalue weighted by Crippen LogP contribution is -2.38. The number of ether oxygens (including phenoxy) is 2. The van der Waals surface area contributed by atoms with E-state index in [2.05, 4.69) is 21.2 Å². The third kappa shape index (κ3) is 13.9. The molecule has 0 bridgehead atoms. The van der Waals surface area contributed by atoms with Gasteiger partial charge in [-0.2, -0.15) is 5.26 Å². The minimum Gasteiger partial charge on any atom is -0.463 e. The fraction of sp³-hybridized carbons (Fsp3) is 0.250. The Labute approximate surface area is 226 Å². The van der Waals surface area contributed by atoms with Gasteiger partial charge in [-0.25, -0.2) is 0 Å². The minimum absolute atomic E-state index is 0.00398. The van der Waals surface area contributed by atoms with Crippen LogP contribution in [0.25, 0.3) is 0 Å². The highest BCUT2D eigenvalue weighted by Crippen LogP contribution is 2.15. The van der Waals surface area contributed by atoms with E-state index in [1.807, 2.05) is 78.9 Å². The fourth-order valence-corrected chi connectivity index (χ4v) is 2.96. The third-order valence-corrected chi connectivity index (χ3v) is 5.07. The summed E-state index contributed by atoms with van der Waals surface area (Å²) in [6.45, 7) is 2.17. The first-order valence-electron chi connectivity index (χ1n) is 11.4. The molecule has 8 nitrogen and oxygen atoms in total. The number of hydrogen-bond donors (Lipinski definition) is 3. The Morgan fingerprint density at radius 2 is 1.62 bits per heavy atom. The predicted octanol–water partition coefficient (Wildman–Crippen LogP) is 4.07. The topological polar surface area (TPSA) is 135 Å². The quantitative estimate of drug-likeness (QED) is 0.238. The molecular formula is C28H32BrN3O5. The standard InChI is InChI=1S/C10H11NO2.C8H7BrO2.C8H11NO.C2H3N/c12-10-6-11-9(7-13-10)8-4-2-1-3-5-8;9-6-8(10)11-7-4-2-1-3-5-7;9-8(6-10)7-4-2-1-3-5-7;1-2-3/h1-5,9,11H,6-7H2;1-5H,6H2;1-5,8,10H,6,9H2;1H3/t9-;;8-;/m1.1./s1. The number of rotatable bonds is 5. The molecule has 1 aliphatic rings. The molecule has 3 aromatic rings. The van der Waals surface area contributed by atoms with Crippen molar-refractivity contribution in [3.63, 3.8) is 0 Å². The normalized spacial score (nSPS) is 14.4. The maximum Gasteiger partial charge on any atom is 0.321 e. The number of carbonyl (C=O) groups excluding carboxylic acids is 2. The molecule has 0 amide bonds. The van der Waals surface area contributed by atoms with E-state index in [0.29, 0.717) is 18.9 Å². The second-order valence-corrected chi connectivity index (χ2v) is 7.93. The number of nitrogens with one attached hydrogen (secondary N) is 1. The van der Waals surface area contributed by atoms with Gasteiger partial charge in [0.2, 0.25) is 0 Å². The Kier molecular flexibility index (Phi) is 16.7. The van der Waals surface area contributed by atoms with Crippen LogP contribution in [0.2, 0.25) is 0 Å². The van der Waals surface area contributed by atoms with Crippen molar-refractivity contribution in [3.05, 3.63) is 102 Å². The highest BCUT2D eigenvalue weighted by Gasteiger charge is 2.19. The summed E-state index contributed by atoms with van der Waals surface area (Å²) in [6.07, 6.45) is 0. The second kappa shape index (κ2) is 19.6. The van der Waals surface area contributed by atoms with Crippen molar-refractivity contribution in [3.8, 4) is 11.8 Å². The first-order valence-corrected chi connectivity index (χ1v) is 12.5. The van der Waals surface area contributed by atoms with Gasteiger partial charge in [0, 0.05) is 6.92 Å². The van der Waals surface area contributed by atoms with Crippen LogP contribution in [0.1, 0.15) is 30.1 Å². The number of nitrogens with zero attached hydrogens (tertiary/aromatic N) is 1. The smallest absolute Gasteiger partial charge is 0.321 e. The number of hydrogen-bond acceptors (Lipinski definition) is 8. The summed E-state index contributed by atoms with van der Waals surface area (Å²) in [5, 5.41) is 19.3. The number of cyclic esters (lactones) is 1. The Balaban J connectivity index is 0.000000266. The number of carbonyl (C=O) groups is 2. The van der Waals surface area contributed by atoms with Crippen molar-refractivity contribution in [1.29, 1.82) is 5.26 Å². The van der Waals surface area contributed by atoms with Crippen LogP contribution in [0, 0.1) is 11.3 Å². The molecular weight excluding hydrogens is 538 g/mol. The average Bonchev–Trinajstić information content (AvgIpc) is 2.95. The minimum atomic E-state index is -0.281. The summed E-state index contributed by atoms with van der Waals surface area (Å²) in [5.41, 5.74) is 7.68. The van der Waals surface area contributed by atoms with Gasteiger partial charge < -0.3 is 20.3 Å². The van der Waals surface area contributed by atoms with E-state index in [9.17, 15) is 9.59 Å². The van der Waals surface area contributed by atoms with Crippen LogP contribution < -0.4 is 15.8 Å². The van der Waals surface area contributed by atoms with Crippen LogP contribution in [0.15, 0.2) is 91.0 Å². The molecule has 0 aromatic heterocycles. The van der Waals surface area contributed by atoms with Gasteiger partial charge in [-0.05, 0) is 23.3 Å². The van der Waals surface area contributed by atoms with Crippen LogP contribution in [-0.2, 0) is 14.3 Å². The summed E-state index contributed by atoms with van der Waals surface area (Å²) in [4.78, 5) is 21.5. The maximum atomic E-state index is 10.8. The Hall–Kier alpha value is -3.55. The molecule has 4 rings (SSSR count). The molecule has 0 unspecified atom stereocenters. The van der Waals surface area contributed by atoms with E-state index in [0.717, 1.165) is 11.1 Å². The molecule has 9 heteroatoms. The first-order chi connectivity index (χ1) is 17.9. The lowest BCUT2D eigenvalue weighted by Gasteiger charge is -2.23. The lowest BCUT2D eigenvalue weighted by atomic mass is 10.1.